The van der Waals surface area contributed by atoms with Crippen LogP contribution in [0, 0.1) is 6.92 Å². The fourth-order valence-electron chi connectivity index (χ4n) is 2.44. The lowest BCUT2D eigenvalue weighted by molar-refractivity contribution is -0.117. The van der Waals surface area contributed by atoms with Crippen LogP contribution in [0.1, 0.15) is 17.3 Å². The molecule has 130 valence electrons. The highest BCUT2D eigenvalue weighted by Crippen LogP contribution is 2.23. The number of nitrogens with zero attached hydrogens (tertiary/aromatic N) is 5. The van der Waals surface area contributed by atoms with E-state index in [1.807, 2.05) is 31.2 Å². The molecular formula is C16H17ClN6O2. The van der Waals surface area contributed by atoms with E-state index in [4.69, 9.17) is 22.1 Å². The molecule has 2 aromatic heterocycles. The number of amides is 1. The molecule has 0 aliphatic heterocycles. The van der Waals surface area contributed by atoms with Crippen LogP contribution in [0.15, 0.2) is 30.5 Å². The molecule has 0 aliphatic rings. The quantitative estimate of drug-likeness (QED) is 0.718. The lowest BCUT2D eigenvalue weighted by Crippen LogP contribution is -2.14. The predicted molar refractivity (Wildman–Crippen MR) is 91.9 cm³/mol. The van der Waals surface area contributed by atoms with Gasteiger partial charge in [-0.3, -0.25) is 9.48 Å². The number of primary amides is 1. The standard InChI is InChI=1S/C16H17ClN6O2/c1-10-11(17)8-22(20-10)9-16-19-15(7-14(18)24)21-23(16)12-5-3-4-6-13(12)25-2/h3-6,8H,7,9H2,1-2H3,(H2,18,24). The molecule has 2 N–H and O–H groups in total. The molecule has 0 aliphatic carbocycles. The number of halogens is 1. The maximum absolute atomic E-state index is 11.2. The summed E-state index contributed by atoms with van der Waals surface area (Å²) >= 11 is 6.07. The van der Waals surface area contributed by atoms with Crippen LogP contribution < -0.4 is 10.5 Å². The molecule has 1 amide bonds. The van der Waals surface area contributed by atoms with Crippen LogP contribution in [0.4, 0.5) is 0 Å². The number of carbonyl (C=O) groups is 1. The number of methoxy groups -OCH3 is 1. The van der Waals surface area contributed by atoms with Gasteiger partial charge >= 0.3 is 0 Å². The SMILES string of the molecule is COc1ccccc1-n1nc(CC(N)=O)nc1Cn1cc(Cl)c(C)n1. The summed E-state index contributed by atoms with van der Waals surface area (Å²) in [5.74, 6) is 1.05. The zero-order chi connectivity index (χ0) is 18.0. The monoisotopic (exact) mass is 360 g/mol. The smallest absolute Gasteiger partial charge is 0.225 e. The minimum Gasteiger partial charge on any atom is -0.494 e. The number of benzene rings is 1. The Bertz CT molecular complexity index is 898. The first-order chi connectivity index (χ1) is 12.0. The molecule has 8 nitrogen and oxygen atoms in total. The molecule has 3 rings (SSSR count). The van der Waals surface area contributed by atoms with Crippen LogP contribution in [0.25, 0.3) is 5.69 Å². The van der Waals surface area contributed by atoms with Crippen LogP contribution in [0.2, 0.25) is 5.02 Å². The van der Waals surface area contributed by atoms with Crippen molar-refractivity contribution < 1.29 is 9.53 Å². The van der Waals surface area contributed by atoms with Crippen molar-refractivity contribution in [3.05, 3.63) is 52.8 Å². The fraction of sp³-hybridized carbons (Fsp3) is 0.250. The van der Waals surface area contributed by atoms with E-state index in [0.29, 0.717) is 34.7 Å². The van der Waals surface area contributed by atoms with Gasteiger partial charge in [0.1, 0.15) is 18.0 Å². The number of hydrogen-bond donors (Lipinski definition) is 1. The van der Waals surface area contributed by atoms with Gasteiger partial charge in [-0.05, 0) is 19.1 Å². The van der Waals surface area contributed by atoms with Crippen molar-refractivity contribution in [1.82, 2.24) is 24.5 Å². The molecule has 2 heterocycles. The highest BCUT2D eigenvalue weighted by molar-refractivity contribution is 6.31. The fourth-order valence-corrected chi connectivity index (χ4v) is 2.59. The largest absolute Gasteiger partial charge is 0.494 e. The molecule has 0 saturated carbocycles. The van der Waals surface area contributed by atoms with Crippen LogP contribution in [-0.4, -0.2) is 37.6 Å². The molecule has 1 aromatic carbocycles. The predicted octanol–water partition coefficient (Wildman–Crippen LogP) is 1.51. The summed E-state index contributed by atoms with van der Waals surface area (Å²) in [5.41, 5.74) is 6.70. The van der Waals surface area contributed by atoms with E-state index >= 15 is 0 Å². The van der Waals surface area contributed by atoms with Gasteiger partial charge in [0.05, 0.1) is 24.2 Å². The molecule has 0 spiro atoms. The van der Waals surface area contributed by atoms with Gasteiger partial charge in [-0.25, -0.2) is 9.67 Å². The molecule has 0 fully saturated rings. The zero-order valence-electron chi connectivity index (χ0n) is 13.8. The number of nitrogens with two attached hydrogens (primary N) is 1. The second-order valence-corrected chi connectivity index (χ2v) is 5.84. The summed E-state index contributed by atoms with van der Waals surface area (Å²) in [6, 6.07) is 7.40. The lowest BCUT2D eigenvalue weighted by Gasteiger charge is -2.10. The summed E-state index contributed by atoms with van der Waals surface area (Å²) in [6.07, 6.45) is 1.67. The van der Waals surface area contributed by atoms with Gasteiger partial charge in [0.15, 0.2) is 11.6 Å². The Morgan fingerprint density at radius 3 is 2.72 bits per heavy atom. The van der Waals surface area contributed by atoms with Crippen molar-refractivity contribution >= 4 is 17.5 Å². The molecule has 25 heavy (non-hydrogen) atoms. The Morgan fingerprint density at radius 1 is 1.32 bits per heavy atom. The number of carbonyl (C=O) groups excluding carboxylic acids is 1. The summed E-state index contributed by atoms with van der Waals surface area (Å²) < 4.78 is 8.69. The summed E-state index contributed by atoms with van der Waals surface area (Å²) in [4.78, 5) is 15.7. The van der Waals surface area contributed by atoms with Gasteiger partial charge < -0.3 is 10.5 Å². The van der Waals surface area contributed by atoms with Gasteiger partial charge in [0, 0.05) is 6.20 Å². The molecular weight excluding hydrogens is 344 g/mol. The van der Waals surface area contributed by atoms with E-state index in [1.165, 1.54) is 0 Å². The summed E-state index contributed by atoms with van der Waals surface area (Å²) in [7, 11) is 1.58. The second kappa shape index (κ2) is 6.94. The minimum atomic E-state index is -0.498. The molecule has 0 saturated heterocycles. The Labute approximate surface area is 149 Å². The topological polar surface area (TPSA) is 101 Å². The first kappa shape index (κ1) is 17.0. The number of rotatable bonds is 6. The van der Waals surface area contributed by atoms with E-state index in [0.717, 1.165) is 5.69 Å². The van der Waals surface area contributed by atoms with Crippen molar-refractivity contribution in [2.45, 2.75) is 19.9 Å². The summed E-state index contributed by atoms with van der Waals surface area (Å²) in [5, 5.41) is 9.31. The molecule has 0 bridgehead atoms. The van der Waals surface area contributed by atoms with Crippen molar-refractivity contribution in [1.29, 1.82) is 0 Å². The van der Waals surface area contributed by atoms with Crippen LogP contribution in [0.5, 0.6) is 5.75 Å². The molecule has 9 heteroatoms. The lowest BCUT2D eigenvalue weighted by atomic mass is 10.3. The number of para-hydroxylation sites is 2. The first-order valence-electron chi connectivity index (χ1n) is 7.54. The number of aromatic nitrogens is 5. The van der Waals surface area contributed by atoms with E-state index in [1.54, 1.807) is 22.7 Å². The third-order valence-electron chi connectivity index (χ3n) is 3.55. The number of hydrogen-bond acceptors (Lipinski definition) is 5. The Hall–Kier alpha value is -2.87. The third-order valence-corrected chi connectivity index (χ3v) is 3.92. The highest BCUT2D eigenvalue weighted by atomic mass is 35.5. The Balaban J connectivity index is 2.05. The maximum Gasteiger partial charge on any atom is 0.225 e. The van der Waals surface area contributed by atoms with Gasteiger partial charge in [-0.15, -0.1) is 0 Å². The average molecular weight is 361 g/mol. The van der Waals surface area contributed by atoms with Crippen molar-refractivity contribution in [3.8, 4) is 11.4 Å². The average Bonchev–Trinajstić information content (AvgIpc) is 3.10. The van der Waals surface area contributed by atoms with Crippen LogP contribution in [0.3, 0.4) is 0 Å². The third kappa shape index (κ3) is 3.63. The van der Waals surface area contributed by atoms with Crippen molar-refractivity contribution in [3.63, 3.8) is 0 Å². The first-order valence-corrected chi connectivity index (χ1v) is 7.91. The number of aryl methyl sites for hydroxylation is 1. The molecule has 0 radical (unpaired) electrons. The molecule has 0 atom stereocenters. The number of ether oxygens (including phenoxy) is 1. The van der Waals surface area contributed by atoms with E-state index in [2.05, 4.69) is 15.2 Å². The van der Waals surface area contributed by atoms with Gasteiger partial charge in [-0.2, -0.15) is 10.2 Å². The Morgan fingerprint density at radius 2 is 2.08 bits per heavy atom. The molecule has 0 unspecified atom stereocenters. The second-order valence-electron chi connectivity index (χ2n) is 5.43. The molecule has 3 aromatic rings. The van der Waals surface area contributed by atoms with E-state index < -0.39 is 5.91 Å². The van der Waals surface area contributed by atoms with E-state index in [9.17, 15) is 4.79 Å². The van der Waals surface area contributed by atoms with Gasteiger partial charge in [0.25, 0.3) is 0 Å². The van der Waals surface area contributed by atoms with Gasteiger partial charge in [-0.1, -0.05) is 23.7 Å². The van der Waals surface area contributed by atoms with Crippen molar-refractivity contribution in [2.24, 2.45) is 5.73 Å². The zero-order valence-corrected chi connectivity index (χ0v) is 14.6. The normalized spacial score (nSPS) is 10.8. The highest BCUT2D eigenvalue weighted by Gasteiger charge is 2.17. The van der Waals surface area contributed by atoms with Crippen LogP contribution >= 0.6 is 11.6 Å². The summed E-state index contributed by atoms with van der Waals surface area (Å²) in [6.45, 7) is 2.15. The Kier molecular flexibility index (Phi) is 4.71. The van der Waals surface area contributed by atoms with Crippen molar-refractivity contribution in [2.75, 3.05) is 7.11 Å². The van der Waals surface area contributed by atoms with E-state index in [-0.39, 0.29) is 6.42 Å². The van der Waals surface area contributed by atoms with Gasteiger partial charge in [0.2, 0.25) is 5.91 Å². The maximum atomic E-state index is 11.2. The minimum absolute atomic E-state index is 0.0476. The van der Waals surface area contributed by atoms with Crippen LogP contribution in [-0.2, 0) is 17.8 Å².